The van der Waals surface area contributed by atoms with Gasteiger partial charge in [0.05, 0.1) is 18.0 Å². The highest BCUT2D eigenvalue weighted by atomic mass is 16.2. The van der Waals surface area contributed by atoms with Gasteiger partial charge in [-0.2, -0.15) is 10.2 Å². The van der Waals surface area contributed by atoms with Crippen LogP contribution in [0.3, 0.4) is 0 Å². The van der Waals surface area contributed by atoms with Gasteiger partial charge in [0.25, 0.3) is 5.91 Å². The molecular weight excluding hydrogens is 352 g/mol. The van der Waals surface area contributed by atoms with Gasteiger partial charge in [-0.25, -0.2) is 9.97 Å². The van der Waals surface area contributed by atoms with Crippen molar-refractivity contribution in [3.8, 4) is 0 Å². The third kappa shape index (κ3) is 4.14. The van der Waals surface area contributed by atoms with Gasteiger partial charge in [0.2, 0.25) is 0 Å². The minimum absolute atomic E-state index is 0.0102. The van der Waals surface area contributed by atoms with Crippen molar-refractivity contribution in [1.29, 1.82) is 0 Å². The minimum atomic E-state index is 0.0102. The van der Waals surface area contributed by atoms with Crippen molar-refractivity contribution in [2.45, 2.75) is 25.7 Å². The zero-order chi connectivity index (χ0) is 19.3. The molecule has 1 N–H and O–H groups in total. The molecule has 7 nitrogen and oxygen atoms in total. The SMILES string of the molecule is Cc1cccc(Nc2cc([C@@H]3CCCN(C(=O)c4ccnnc4)C3)ccn2)n1. The highest BCUT2D eigenvalue weighted by Gasteiger charge is 2.26. The molecule has 28 heavy (non-hydrogen) atoms. The number of hydrogen-bond donors (Lipinski definition) is 1. The summed E-state index contributed by atoms with van der Waals surface area (Å²) in [5.41, 5.74) is 2.71. The van der Waals surface area contributed by atoms with Gasteiger partial charge in [0.1, 0.15) is 11.6 Å². The zero-order valence-corrected chi connectivity index (χ0v) is 15.7. The molecule has 142 valence electrons. The van der Waals surface area contributed by atoms with E-state index in [0.29, 0.717) is 12.1 Å². The van der Waals surface area contributed by atoms with Crippen molar-refractivity contribution in [2.75, 3.05) is 18.4 Å². The Balaban J connectivity index is 1.48. The van der Waals surface area contributed by atoms with Gasteiger partial charge in [0.15, 0.2) is 0 Å². The molecule has 1 aliphatic rings. The second-order valence-electron chi connectivity index (χ2n) is 6.99. The molecule has 1 fully saturated rings. The number of rotatable bonds is 4. The number of nitrogens with zero attached hydrogens (tertiary/aromatic N) is 5. The average molecular weight is 374 g/mol. The Morgan fingerprint density at radius 3 is 2.89 bits per heavy atom. The van der Waals surface area contributed by atoms with E-state index in [-0.39, 0.29) is 11.8 Å². The van der Waals surface area contributed by atoms with E-state index >= 15 is 0 Å². The molecule has 0 spiro atoms. The van der Waals surface area contributed by atoms with Gasteiger partial charge in [-0.1, -0.05) is 6.07 Å². The van der Waals surface area contributed by atoms with Crippen LogP contribution in [0, 0.1) is 6.92 Å². The van der Waals surface area contributed by atoms with E-state index in [9.17, 15) is 4.79 Å². The van der Waals surface area contributed by atoms with Crippen LogP contribution in [0.1, 0.15) is 40.4 Å². The standard InChI is InChI=1S/C21H22N6O/c1-15-4-2-6-19(25-15)26-20-12-16(7-9-22-20)18-5-3-11-27(14-18)21(28)17-8-10-23-24-13-17/h2,4,6-10,12-13,18H,3,5,11,14H2,1H3,(H,22,25,26)/t18-/m1/s1. The first-order valence-electron chi connectivity index (χ1n) is 9.41. The van der Waals surface area contributed by atoms with Crippen LogP contribution in [0.15, 0.2) is 55.0 Å². The molecule has 3 aromatic rings. The molecule has 0 aromatic carbocycles. The van der Waals surface area contributed by atoms with Crippen LogP contribution in [0.25, 0.3) is 0 Å². The van der Waals surface area contributed by atoms with Gasteiger partial charge in [-0.3, -0.25) is 4.79 Å². The van der Waals surface area contributed by atoms with E-state index in [1.54, 1.807) is 18.5 Å². The Kier molecular flexibility index (Phi) is 5.23. The third-order valence-corrected chi connectivity index (χ3v) is 4.94. The van der Waals surface area contributed by atoms with Crippen LogP contribution in [0.2, 0.25) is 0 Å². The van der Waals surface area contributed by atoms with Gasteiger partial charge < -0.3 is 10.2 Å². The smallest absolute Gasteiger partial charge is 0.255 e. The topological polar surface area (TPSA) is 83.9 Å². The molecule has 1 amide bonds. The maximum absolute atomic E-state index is 12.7. The molecule has 0 unspecified atom stereocenters. The number of piperidine rings is 1. The second kappa shape index (κ2) is 8.12. The molecular formula is C21H22N6O. The number of anilines is 2. The molecule has 4 rings (SSSR count). The van der Waals surface area contributed by atoms with Crippen LogP contribution in [-0.2, 0) is 0 Å². The lowest BCUT2D eigenvalue weighted by molar-refractivity contribution is 0.0706. The predicted octanol–water partition coefficient (Wildman–Crippen LogP) is 3.34. The Morgan fingerprint density at radius 1 is 1.14 bits per heavy atom. The predicted molar refractivity (Wildman–Crippen MR) is 106 cm³/mol. The summed E-state index contributed by atoms with van der Waals surface area (Å²) in [5, 5.41) is 10.8. The van der Waals surface area contributed by atoms with Crippen LogP contribution in [-0.4, -0.2) is 44.1 Å². The fraction of sp³-hybridized carbons (Fsp3) is 0.286. The van der Waals surface area contributed by atoms with Crippen LogP contribution in [0.4, 0.5) is 11.6 Å². The largest absolute Gasteiger partial charge is 0.338 e. The summed E-state index contributed by atoms with van der Waals surface area (Å²) < 4.78 is 0. The van der Waals surface area contributed by atoms with Crippen molar-refractivity contribution >= 4 is 17.5 Å². The van der Waals surface area contributed by atoms with Crippen LogP contribution >= 0.6 is 0 Å². The van der Waals surface area contributed by atoms with Gasteiger partial charge >= 0.3 is 0 Å². The van der Waals surface area contributed by atoms with Crippen molar-refractivity contribution in [1.82, 2.24) is 25.1 Å². The number of likely N-dealkylation sites (tertiary alicyclic amines) is 1. The highest BCUT2D eigenvalue weighted by Crippen LogP contribution is 2.29. The number of aryl methyl sites for hydroxylation is 1. The minimum Gasteiger partial charge on any atom is -0.338 e. The number of pyridine rings is 2. The Labute approximate surface area is 163 Å². The van der Waals surface area contributed by atoms with E-state index in [4.69, 9.17) is 0 Å². The van der Waals surface area contributed by atoms with E-state index < -0.39 is 0 Å². The maximum atomic E-state index is 12.7. The third-order valence-electron chi connectivity index (χ3n) is 4.94. The average Bonchev–Trinajstić information content (AvgIpc) is 2.74. The summed E-state index contributed by atoms with van der Waals surface area (Å²) in [5.74, 6) is 1.82. The molecule has 0 aliphatic carbocycles. The molecule has 0 radical (unpaired) electrons. The fourth-order valence-corrected chi connectivity index (χ4v) is 3.55. The first-order chi connectivity index (χ1) is 13.7. The zero-order valence-electron chi connectivity index (χ0n) is 15.7. The summed E-state index contributed by atoms with van der Waals surface area (Å²) in [6.07, 6.45) is 6.90. The summed E-state index contributed by atoms with van der Waals surface area (Å²) in [6.45, 7) is 3.41. The lowest BCUT2D eigenvalue weighted by Crippen LogP contribution is -2.39. The van der Waals surface area contributed by atoms with Gasteiger partial charge in [-0.15, -0.1) is 0 Å². The molecule has 1 aliphatic heterocycles. The summed E-state index contributed by atoms with van der Waals surface area (Å²) in [7, 11) is 0. The number of hydrogen-bond acceptors (Lipinski definition) is 6. The normalized spacial score (nSPS) is 16.6. The number of aromatic nitrogens is 4. The first kappa shape index (κ1) is 18.0. The molecule has 0 saturated carbocycles. The summed E-state index contributed by atoms with van der Waals surface area (Å²) >= 11 is 0. The molecule has 1 saturated heterocycles. The Morgan fingerprint density at radius 2 is 2.07 bits per heavy atom. The van der Waals surface area contributed by atoms with Crippen molar-refractivity contribution in [3.63, 3.8) is 0 Å². The fourth-order valence-electron chi connectivity index (χ4n) is 3.55. The molecule has 4 heterocycles. The summed E-state index contributed by atoms with van der Waals surface area (Å²) in [4.78, 5) is 23.5. The van der Waals surface area contributed by atoms with E-state index in [0.717, 1.165) is 36.7 Å². The lowest BCUT2D eigenvalue weighted by atomic mass is 9.91. The van der Waals surface area contributed by atoms with Gasteiger partial charge in [0, 0.05) is 30.9 Å². The Bertz CT molecular complexity index is 962. The van der Waals surface area contributed by atoms with E-state index in [2.05, 4.69) is 31.5 Å². The number of carbonyl (C=O) groups excluding carboxylic acids is 1. The molecule has 1 atom stereocenters. The van der Waals surface area contributed by atoms with Crippen molar-refractivity contribution < 1.29 is 4.79 Å². The number of nitrogens with one attached hydrogen (secondary N) is 1. The van der Waals surface area contributed by atoms with Crippen molar-refractivity contribution in [2.24, 2.45) is 0 Å². The monoisotopic (exact) mass is 374 g/mol. The van der Waals surface area contributed by atoms with E-state index in [1.165, 1.54) is 11.8 Å². The Hall–Kier alpha value is -3.35. The quantitative estimate of drug-likeness (QED) is 0.754. The second-order valence-corrected chi connectivity index (χ2v) is 6.99. The van der Waals surface area contributed by atoms with Crippen LogP contribution < -0.4 is 5.32 Å². The first-order valence-corrected chi connectivity index (χ1v) is 9.41. The lowest BCUT2D eigenvalue weighted by Gasteiger charge is -2.33. The van der Waals surface area contributed by atoms with E-state index in [1.807, 2.05) is 36.1 Å². The summed E-state index contributed by atoms with van der Waals surface area (Å²) in [6, 6.07) is 11.6. The van der Waals surface area contributed by atoms with Gasteiger partial charge in [-0.05, 0) is 55.7 Å². The molecule has 7 heteroatoms. The molecule has 3 aromatic heterocycles. The maximum Gasteiger partial charge on any atom is 0.255 e. The number of amides is 1. The van der Waals surface area contributed by atoms with Crippen molar-refractivity contribution in [3.05, 3.63) is 71.8 Å². The highest BCUT2D eigenvalue weighted by molar-refractivity contribution is 5.93. The molecule has 0 bridgehead atoms. The number of carbonyl (C=O) groups is 1. The van der Waals surface area contributed by atoms with Crippen LogP contribution in [0.5, 0.6) is 0 Å².